The molecule has 0 aliphatic rings. The van der Waals surface area contributed by atoms with Crippen molar-refractivity contribution in [2.24, 2.45) is 0 Å². The van der Waals surface area contributed by atoms with E-state index in [-0.39, 0.29) is 40.1 Å². The van der Waals surface area contributed by atoms with E-state index < -0.39 is 31.9 Å². The molecule has 0 spiro atoms. The number of carbonyl (C=O) groups excluding carboxylic acids is 2. The number of rotatable bonds is 14. The maximum atomic E-state index is 13.7. The largest absolute Gasteiger partial charge is 0.464 e. The number of hydrogen-bond acceptors (Lipinski definition) is 9. The molecule has 2 heterocycles. The van der Waals surface area contributed by atoms with Gasteiger partial charge in [0.25, 0.3) is 20.0 Å². The number of nitrogens with zero attached hydrogens (tertiary/aromatic N) is 1. The molecule has 0 aliphatic carbocycles. The normalized spacial score (nSPS) is 12.4. The lowest BCUT2D eigenvalue weighted by Gasteiger charge is -2.25. The van der Waals surface area contributed by atoms with Gasteiger partial charge in [0, 0.05) is 39.5 Å². The Morgan fingerprint density at radius 3 is 1.87 bits per heavy atom. The van der Waals surface area contributed by atoms with Gasteiger partial charge in [-0.25, -0.2) is 16.8 Å². The summed E-state index contributed by atoms with van der Waals surface area (Å²) in [5, 5.41) is 7.01. The Labute approximate surface area is 292 Å². The van der Waals surface area contributed by atoms with Crippen LogP contribution in [0, 0.1) is 13.8 Å². The van der Waals surface area contributed by atoms with E-state index in [9.17, 15) is 26.4 Å². The zero-order valence-corrected chi connectivity index (χ0v) is 30.7. The molecule has 4 aromatic rings. The number of esters is 1. The van der Waals surface area contributed by atoms with Crippen LogP contribution < -0.4 is 9.44 Å². The number of carbonyl (C=O) groups is 2. The lowest BCUT2D eigenvalue weighted by atomic mass is 10.00. The minimum absolute atomic E-state index is 0.00656. The van der Waals surface area contributed by atoms with Gasteiger partial charge in [-0.05, 0) is 79.4 Å². The molecule has 1 atom stereocenters. The Morgan fingerprint density at radius 2 is 1.32 bits per heavy atom. The Balaban J connectivity index is 1.54. The molecule has 2 N–H and O–H groups in total. The van der Waals surface area contributed by atoms with Gasteiger partial charge in [0.1, 0.15) is 12.5 Å². The molecule has 16 heteroatoms. The van der Waals surface area contributed by atoms with Crippen molar-refractivity contribution < 1.29 is 31.2 Å². The number of anilines is 2. The predicted octanol–water partition coefficient (Wildman–Crippen LogP) is 7.07. The monoisotopic (exact) mass is 757 g/mol. The zero-order chi connectivity index (χ0) is 34.5. The van der Waals surface area contributed by atoms with Crippen LogP contribution in [0.25, 0.3) is 0 Å². The molecule has 10 nitrogen and oxygen atoms in total. The van der Waals surface area contributed by atoms with Gasteiger partial charge in [-0.15, -0.1) is 22.7 Å². The second kappa shape index (κ2) is 15.4. The van der Waals surface area contributed by atoms with Crippen molar-refractivity contribution in [3.8, 4) is 0 Å². The fourth-order valence-corrected chi connectivity index (χ4v) is 9.74. The summed E-state index contributed by atoms with van der Waals surface area (Å²) in [5.74, 6) is -2.07. The first kappa shape index (κ1) is 36.7. The standard InChI is InChI=1S/C31H33Cl2N3O7S4/c1-5-36(6-2)31(38)22(23-16-45-18-27(23)35-47(41,42)29-12-8-10-25(33)20(29)4)14-43-30(37)13-21-15-44-17-26(21)34-46(39,40)28-11-7-9-24(32)19(28)3/h7-12,15-18,22,34-35H,5-6,13-14H2,1-4H3. The highest BCUT2D eigenvalue weighted by Crippen LogP contribution is 2.34. The molecule has 0 aliphatic heterocycles. The van der Waals surface area contributed by atoms with E-state index in [1.54, 1.807) is 52.4 Å². The SMILES string of the molecule is CCN(CC)C(=O)C(COC(=O)Cc1cscc1NS(=O)(=O)c1cccc(Cl)c1C)c1cscc1NS(=O)(=O)c1cccc(Cl)c1C. The molecule has 1 amide bonds. The van der Waals surface area contributed by atoms with E-state index in [4.69, 9.17) is 27.9 Å². The van der Waals surface area contributed by atoms with Crippen molar-refractivity contribution in [3.05, 3.63) is 90.2 Å². The van der Waals surface area contributed by atoms with Crippen molar-refractivity contribution in [1.82, 2.24) is 4.90 Å². The first-order valence-corrected chi connectivity index (χ1v) is 19.9. The smallest absolute Gasteiger partial charge is 0.310 e. The Kier molecular flexibility index (Phi) is 12.0. The zero-order valence-electron chi connectivity index (χ0n) is 25.9. The van der Waals surface area contributed by atoms with Crippen LogP contribution in [0.15, 0.2) is 67.7 Å². The van der Waals surface area contributed by atoms with Gasteiger partial charge in [-0.2, -0.15) is 0 Å². The first-order valence-electron chi connectivity index (χ1n) is 14.3. The molecular weight excluding hydrogens is 726 g/mol. The number of amides is 1. The average molecular weight is 759 g/mol. The highest BCUT2D eigenvalue weighted by Gasteiger charge is 2.31. The summed E-state index contributed by atoms with van der Waals surface area (Å²) in [6.45, 7) is 7.22. The van der Waals surface area contributed by atoms with Crippen LogP contribution in [-0.2, 0) is 40.8 Å². The summed E-state index contributed by atoms with van der Waals surface area (Å²) < 4.78 is 63.7. The number of sulfonamides is 2. The predicted molar refractivity (Wildman–Crippen MR) is 188 cm³/mol. The molecule has 2 aromatic heterocycles. The van der Waals surface area contributed by atoms with E-state index in [1.165, 1.54) is 46.9 Å². The van der Waals surface area contributed by atoms with Crippen LogP contribution in [0.3, 0.4) is 0 Å². The van der Waals surface area contributed by atoms with Gasteiger partial charge in [0.05, 0.1) is 27.6 Å². The maximum Gasteiger partial charge on any atom is 0.310 e. The third-order valence-corrected chi connectivity index (χ3v) is 12.8. The number of likely N-dealkylation sites (N-methyl/N-ethyl adjacent to an activating group) is 1. The van der Waals surface area contributed by atoms with Gasteiger partial charge in [-0.3, -0.25) is 19.0 Å². The summed E-state index contributed by atoms with van der Waals surface area (Å²) in [7, 11) is -8.10. The molecule has 0 radical (unpaired) electrons. The summed E-state index contributed by atoms with van der Waals surface area (Å²) in [4.78, 5) is 28.4. The lowest BCUT2D eigenvalue weighted by Crippen LogP contribution is -2.37. The minimum Gasteiger partial charge on any atom is -0.464 e. The fraction of sp³-hybridized carbons (Fsp3) is 0.290. The third kappa shape index (κ3) is 8.48. The van der Waals surface area contributed by atoms with Gasteiger partial charge < -0.3 is 9.64 Å². The molecule has 1 unspecified atom stereocenters. The number of ether oxygens (including phenoxy) is 1. The van der Waals surface area contributed by atoms with Gasteiger partial charge in [0.15, 0.2) is 0 Å². The second-order valence-electron chi connectivity index (χ2n) is 10.4. The van der Waals surface area contributed by atoms with E-state index in [2.05, 4.69) is 9.44 Å². The van der Waals surface area contributed by atoms with Gasteiger partial charge in [0.2, 0.25) is 5.91 Å². The fourth-order valence-electron chi connectivity index (χ4n) is 4.80. The summed E-state index contributed by atoms with van der Waals surface area (Å²) in [6, 6.07) is 9.12. The van der Waals surface area contributed by atoms with Crippen LogP contribution in [-0.4, -0.2) is 53.3 Å². The molecule has 0 saturated heterocycles. The second-order valence-corrected chi connectivity index (χ2v) is 16.0. The highest BCUT2D eigenvalue weighted by atomic mass is 35.5. The average Bonchev–Trinajstić information content (AvgIpc) is 3.64. The van der Waals surface area contributed by atoms with Crippen molar-refractivity contribution in [2.75, 3.05) is 29.1 Å². The van der Waals surface area contributed by atoms with E-state index in [0.29, 0.717) is 45.4 Å². The van der Waals surface area contributed by atoms with Gasteiger partial charge >= 0.3 is 5.97 Å². The maximum absolute atomic E-state index is 13.7. The Hall–Kier alpha value is -3.14. The summed E-state index contributed by atoms with van der Waals surface area (Å²) in [6.07, 6.45) is -0.279. The number of thiophene rings is 2. The third-order valence-electron chi connectivity index (χ3n) is 7.43. The molecule has 0 saturated carbocycles. The quantitative estimate of drug-likeness (QED) is 0.131. The van der Waals surface area contributed by atoms with E-state index >= 15 is 0 Å². The van der Waals surface area contributed by atoms with Crippen LogP contribution in [0.4, 0.5) is 11.4 Å². The highest BCUT2D eigenvalue weighted by molar-refractivity contribution is 7.93. The molecule has 47 heavy (non-hydrogen) atoms. The van der Waals surface area contributed by atoms with Crippen molar-refractivity contribution in [1.29, 1.82) is 0 Å². The number of nitrogens with one attached hydrogen (secondary N) is 2. The van der Waals surface area contributed by atoms with Crippen molar-refractivity contribution >= 4 is 89.2 Å². The Morgan fingerprint density at radius 1 is 0.809 bits per heavy atom. The number of halogens is 2. The number of benzene rings is 2. The molecule has 4 rings (SSSR count). The molecule has 0 fully saturated rings. The van der Waals surface area contributed by atoms with Crippen LogP contribution >= 0.6 is 45.9 Å². The Bertz CT molecular complexity index is 1990. The first-order chi connectivity index (χ1) is 22.2. The topological polar surface area (TPSA) is 139 Å². The molecule has 2 aromatic carbocycles. The summed E-state index contributed by atoms with van der Waals surface area (Å²) in [5.41, 5.74) is 1.90. The molecule has 0 bridgehead atoms. The molecular formula is C31H33Cl2N3O7S4. The van der Waals surface area contributed by atoms with Crippen molar-refractivity contribution in [3.63, 3.8) is 0 Å². The van der Waals surface area contributed by atoms with Gasteiger partial charge in [-0.1, -0.05) is 35.3 Å². The van der Waals surface area contributed by atoms with E-state index in [1.807, 2.05) is 13.8 Å². The van der Waals surface area contributed by atoms with Crippen LogP contribution in [0.5, 0.6) is 0 Å². The summed E-state index contributed by atoms with van der Waals surface area (Å²) >= 11 is 14.7. The lowest BCUT2D eigenvalue weighted by molar-refractivity contribution is -0.145. The van der Waals surface area contributed by atoms with Crippen LogP contribution in [0.1, 0.15) is 42.0 Å². The van der Waals surface area contributed by atoms with Crippen molar-refractivity contribution in [2.45, 2.75) is 49.8 Å². The van der Waals surface area contributed by atoms with E-state index in [0.717, 1.165) is 0 Å². The number of hydrogen-bond donors (Lipinski definition) is 2. The van der Waals surface area contributed by atoms with Crippen LogP contribution in [0.2, 0.25) is 10.0 Å². The minimum atomic E-state index is -4.08. The molecule has 252 valence electrons.